The molecule has 0 radical (unpaired) electrons. The molecule has 0 saturated carbocycles. The van der Waals surface area contributed by atoms with Gasteiger partial charge in [-0.1, -0.05) is 11.8 Å². The van der Waals surface area contributed by atoms with Crippen molar-refractivity contribution in [1.82, 2.24) is 5.32 Å². The zero-order valence-corrected chi connectivity index (χ0v) is 18.5. The molecule has 0 fully saturated rings. The Morgan fingerprint density at radius 3 is 2.52 bits per heavy atom. The number of thiophene rings is 1. The first-order valence-corrected chi connectivity index (χ1v) is 10.6. The van der Waals surface area contributed by atoms with Gasteiger partial charge in [-0.15, -0.1) is 11.3 Å². The average molecular weight is 416 g/mol. The Labute approximate surface area is 169 Å². The second-order valence-corrected chi connectivity index (χ2v) is 9.70. The summed E-state index contributed by atoms with van der Waals surface area (Å²) >= 11 is 2.63. The van der Waals surface area contributed by atoms with Crippen molar-refractivity contribution >= 4 is 40.3 Å². The van der Waals surface area contributed by atoms with Crippen LogP contribution in [-0.4, -0.2) is 41.2 Å². The van der Waals surface area contributed by atoms with Crippen LogP contribution in [0.15, 0.2) is 6.07 Å². The Morgan fingerprint density at radius 2 is 1.96 bits per heavy atom. The summed E-state index contributed by atoms with van der Waals surface area (Å²) < 4.78 is 10.3. The van der Waals surface area contributed by atoms with Gasteiger partial charge in [0, 0.05) is 23.6 Å². The molecule has 0 spiro atoms. The summed E-state index contributed by atoms with van der Waals surface area (Å²) in [6.07, 6.45) is 0.925. The minimum atomic E-state index is -0.565. The number of aryl methyl sites for hydroxylation is 2. The molecule has 1 N–H and O–H groups in total. The van der Waals surface area contributed by atoms with E-state index >= 15 is 0 Å². The molecule has 1 rings (SSSR count). The number of ether oxygens (including phenoxy) is 2. The highest BCUT2D eigenvalue weighted by molar-refractivity contribution is 8.14. The summed E-state index contributed by atoms with van der Waals surface area (Å²) in [5, 5.41) is 2.66. The molecule has 0 unspecified atom stereocenters. The van der Waals surface area contributed by atoms with E-state index < -0.39 is 11.7 Å². The summed E-state index contributed by atoms with van der Waals surface area (Å²) in [6.45, 7) is 11.3. The fraction of sp³-hybridized carbons (Fsp3) is 0.632. The minimum absolute atomic E-state index is 0.00102. The van der Waals surface area contributed by atoms with Crippen LogP contribution in [0.1, 0.15) is 61.2 Å². The van der Waals surface area contributed by atoms with Crippen molar-refractivity contribution < 1.29 is 23.9 Å². The van der Waals surface area contributed by atoms with E-state index in [0.29, 0.717) is 24.4 Å². The van der Waals surface area contributed by atoms with E-state index in [1.165, 1.54) is 30.0 Å². The quantitative estimate of drug-likeness (QED) is 0.636. The van der Waals surface area contributed by atoms with Gasteiger partial charge < -0.3 is 14.8 Å². The zero-order valence-electron chi connectivity index (χ0n) is 16.8. The number of esters is 1. The summed E-state index contributed by atoms with van der Waals surface area (Å²) in [5.41, 5.74) is 0.472. The molecule has 0 aliphatic rings. The monoisotopic (exact) mass is 415 g/mol. The summed E-state index contributed by atoms with van der Waals surface area (Å²) in [6, 6.07) is 1.84. The largest absolute Gasteiger partial charge is 0.462 e. The molecule has 1 aromatic heterocycles. The zero-order chi connectivity index (χ0) is 20.6. The number of hydrogen-bond acceptors (Lipinski definition) is 7. The van der Waals surface area contributed by atoms with E-state index in [0.717, 1.165) is 16.9 Å². The van der Waals surface area contributed by atoms with Gasteiger partial charge >= 0.3 is 12.1 Å². The van der Waals surface area contributed by atoms with Gasteiger partial charge in [-0.25, -0.2) is 9.59 Å². The maximum absolute atomic E-state index is 11.9. The Morgan fingerprint density at radius 1 is 1.30 bits per heavy atom. The van der Waals surface area contributed by atoms with Gasteiger partial charge in [0.15, 0.2) is 5.12 Å². The molecule has 8 heteroatoms. The molecular formula is C19H29NO5S2. The van der Waals surface area contributed by atoms with Crippen LogP contribution in [0.25, 0.3) is 0 Å². The summed E-state index contributed by atoms with van der Waals surface area (Å²) in [7, 11) is 0. The Balaban J connectivity index is 2.66. The maximum Gasteiger partial charge on any atom is 0.407 e. The number of rotatable bonds is 8. The van der Waals surface area contributed by atoms with Gasteiger partial charge in [0.05, 0.1) is 6.61 Å². The van der Waals surface area contributed by atoms with E-state index in [-0.39, 0.29) is 16.3 Å². The van der Waals surface area contributed by atoms with Crippen molar-refractivity contribution in [3.8, 4) is 0 Å². The van der Waals surface area contributed by atoms with E-state index in [4.69, 9.17) is 9.47 Å². The first-order chi connectivity index (χ1) is 12.5. The molecule has 0 aliphatic carbocycles. The molecule has 1 atom stereocenters. The second kappa shape index (κ2) is 10.7. The lowest BCUT2D eigenvalue weighted by Crippen LogP contribution is -2.36. The van der Waals surface area contributed by atoms with Crippen molar-refractivity contribution in [2.45, 2.75) is 65.2 Å². The fourth-order valence-electron chi connectivity index (χ4n) is 2.31. The van der Waals surface area contributed by atoms with Crippen molar-refractivity contribution in [2.75, 3.05) is 13.2 Å². The number of carbonyl (C=O) groups is 3. The number of amides is 1. The van der Waals surface area contributed by atoms with E-state index in [9.17, 15) is 14.4 Å². The van der Waals surface area contributed by atoms with E-state index in [1.807, 2.05) is 13.0 Å². The third kappa shape index (κ3) is 9.28. The second-order valence-electron chi connectivity index (χ2n) is 7.09. The number of hydrogen-bond donors (Lipinski definition) is 1. The highest BCUT2D eigenvalue weighted by Crippen LogP contribution is 2.26. The predicted molar refractivity (Wildman–Crippen MR) is 110 cm³/mol. The molecular weight excluding hydrogens is 386 g/mol. The molecule has 27 heavy (non-hydrogen) atoms. The van der Waals surface area contributed by atoms with E-state index in [2.05, 4.69) is 5.32 Å². The molecule has 1 heterocycles. The van der Waals surface area contributed by atoms with Crippen LogP contribution < -0.4 is 5.32 Å². The third-order valence-corrected chi connectivity index (χ3v) is 5.74. The smallest absolute Gasteiger partial charge is 0.407 e. The Kier molecular flexibility index (Phi) is 9.32. The van der Waals surface area contributed by atoms with Gasteiger partial charge in [0.2, 0.25) is 0 Å². The van der Waals surface area contributed by atoms with Gasteiger partial charge in [-0.3, -0.25) is 4.79 Å². The van der Waals surface area contributed by atoms with Gasteiger partial charge in [-0.2, -0.15) is 0 Å². The molecule has 0 bridgehead atoms. The first-order valence-electron chi connectivity index (χ1n) is 8.92. The SMILES string of the molecule is CCOC(=O)c1cc(C)c(CC[C@H](CNC(=O)OC(C)(C)C)SC(C)=O)s1. The maximum atomic E-state index is 11.9. The van der Waals surface area contributed by atoms with Crippen molar-refractivity contribution in [3.63, 3.8) is 0 Å². The summed E-state index contributed by atoms with van der Waals surface area (Å²) in [5.74, 6) is -0.307. The lowest BCUT2D eigenvalue weighted by Gasteiger charge is -2.21. The Hall–Kier alpha value is -1.54. The van der Waals surface area contributed by atoms with Crippen LogP contribution in [0.3, 0.4) is 0 Å². The molecule has 152 valence electrons. The normalized spacial score (nSPS) is 12.4. The molecule has 1 aromatic rings. The van der Waals surface area contributed by atoms with Crippen LogP contribution in [0.5, 0.6) is 0 Å². The standard InChI is InChI=1S/C19H29NO5S2/c1-7-24-17(22)16-10-12(2)15(27-16)9-8-14(26-13(3)21)11-20-18(23)25-19(4,5)6/h10,14H,7-9,11H2,1-6H3,(H,20,23)/t14-/m1/s1. The van der Waals surface area contributed by atoms with Crippen LogP contribution >= 0.6 is 23.1 Å². The summed E-state index contributed by atoms with van der Waals surface area (Å²) in [4.78, 5) is 36.9. The number of nitrogens with one attached hydrogen (secondary N) is 1. The number of thioether (sulfide) groups is 1. The molecule has 0 aliphatic heterocycles. The van der Waals surface area contributed by atoms with Crippen LogP contribution in [-0.2, 0) is 20.7 Å². The minimum Gasteiger partial charge on any atom is -0.462 e. The third-order valence-electron chi connectivity index (χ3n) is 3.40. The molecule has 6 nitrogen and oxygen atoms in total. The highest BCUT2D eigenvalue weighted by Gasteiger charge is 2.20. The van der Waals surface area contributed by atoms with Gasteiger partial charge in [0.25, 0.3) is 0 Å². The number of alkyl carbamates (subject to hydrolysis) is 1. The average Bonchev–Trinajstić information content (AvgIpc) is 2.89. The van der Waals surface area contributed by atoms with E-state index in [1.54, 1.807) is 27.7 Å². The topological polar surface area (TPSA) is 81.7 Å². The lowest BCUT2D eigenvalue weighted by atomic mass is 10.1. The van der Waals surface area contributed by atoms with Crippen molar-refractivity contribution in [2.24, 2.45) is 0 Å². The fourth-order valence-corrected chi connectivity index (χ4v) is 4.27. The van der Waals surface area contributed by atoms with Gasteiger partial charge in [-0.05, 0) is 59.1 Å². The Bertz CT molecular complexity index is 664. The first kappa shape index (κ1) is 23.5. The van der Waals surface area contributed by atoms with Crippen LogP contribution in [0.2, 0.25) is 0 Å². The number of carbonyl (C=O) groups excluding carboxylic acids is 3. The molecule has 0 saturated heterocycles. The van der Waals surface area contributed by atoms with Crippen LogP contribution in [0.4, 0.5) is 4.79 Å². The van der Waals surface area contributed by atoms with Crippen LogP contribution in [0, 0.1) is 6.92 Å². The van der Waals surface area contributed by atoms with Crippen molar-refractivity contribution in [1.29, 1.82) is 0 Å². The molecule has 1 amide bonds. The molecule has 0 aromatic carbocycles. The van der Waals surface area contributed by atoms with Gasteiger partial charge in [0.1, 0.15) is 10.5 Å². The van der Waals surface area contributed by atoms with Crippen molar-refractivity contribution in [3.05, 3.63) is 21.4 Å². The highest BCUT2D eigenvalue weighted by atomic mass is 32.2. The predicted octanol–water partition coefficient (Wildman–Crippen LogP) is 4.34. The lowest BCUT2D eigenvalue weighted by molar-refractivity contribution is -0.109.